The molecule has 3 aliphatic rings. The number of hydrogen-bond donors (Lipinski definition) is 0. The summed E-state index contributed by atoms with van der Waals surface area (Å²) in [6, 6.07) is 8.39. The van der Waals surface area contributed by atoms with Gasteiger partial charge in [0.1, 0.15) is 11.5 Å². The molecular formula is C15H16O2. The minimum atomic E-state index is 0.216. The Morgan fingerprint density at radius 2 is 2.00 bits per heavy atom. The van der Waals surface area contributed by atoms with Gasteiger partial charge in [-0.1, -0.05) is 12.1 Å². The third-order valence-electron chi connectivity index (χ3n) is 5.40. The van der Waals surface area contributed by atoms with E-state index in [0.717, 1.165) is 30.9 Å². The van der Waals surface area contributed by atoms with E-state index < -0.39 is 0 Å². The highest BCUT2D eigenvalue weighted by Crippen LogP contribution is 2.70. The maximum absolute atomic E-state index is 12.1. The van der Waals surface area contributed by atoms with Crippen molar-refractivity contribution in [3.63, 3.8) is 0 Å². The van der Waals surface area contributed by atoms with Gasteiger partial charge < -0.3 is 4.74 Å². The molecule has 4 unspecified atom stereocenters. The van der Waals surface area contributed by atoms with Crippen LogP contribution in [0.4, 0.5) is 0 Å². The molecule has 0 radical (unpaired) electrons. The van der Waals surface area contributed by atoms with Gasteiger partial charge in [-0.2, -0.15) is 0 Å². The predicted octanol–water partition coefficient (Wildman–Crippen LogP) is 2.56. The van der Waals surface area contributed by atoms with Crippen molar-refractivity contribution in [1.29, 1.82) is 0 Å². The van der Waals surface area contributed by atoms with E-state index in [0.29, 0.717) is 17.6 Å². The molecule has 4 atom stereocenters. The lowest BCUT2D eigenvalue weighted by atomic mass is 9.51. The minimum absolute atomic E-state index is 0.216. The van der Waals surface area contributed by atoms with Crippen LogP contribution in [-0.2, 0) is 10.2 Å². The maximum Gasteiger partial charge on any atom is 0.139 e. The van der Waals surface area contributed by atoms with Gasteiger partial charge in [0.05, 0.1) is 7.11 Å². The minimum Gasteiger partial charge on any atom is -0.497 e. The molecule has 1 aromatic rings. The second-order valence-electron chi connectivity index (χ2n) is 5.79. The van der Waals surface area contributed by atoms with Crippen LogP contribution in [0, 0.1) is 17.8 Å². The topological polar surface area (TPSA) is 26.3 Å². The first-order valence-electron chi connectivity index (χ1n) is 6.44. The van der Waals surface area contributed by atoms with Crippen LogP contribution < -0.4 is 4.74 Å². The number of ketones is 1. The lowest BCUT2D eigenvalue weighted by Crippen LogP contribution is -2.52. The molecule has 88 valence electrons. The summed E-state index contributed by atoms with van der Waals surface area (Å²) in [5, 5.41) is 0. The van der Waals surface area contributed by atoms with Gasteiger partial charge in [-0.25, -0.2) is 0 Å². The molecule has 2 heteroatoms. The van der Waals surface area contributed by atoms with Crippen molar-refractivity contribution in [2.24, 2.45) is 17.8 Å². The van der Waals surface area contributed by atoms with Crippen LogP contribution in [0.1, 0.15) is 24.8 Å². The molecule has 0 saturated heterocycles. The zero-order valence-corrected chi connectivity index (χ0v) is 9.98. The van der Waals surface area contributed by atoms with Gasteiger partial charge >= 0.3 is 0 Å². The summed E-state index contributed by atoms with van der Waals surface area (Å²) in [7, 11) is 1.69. The summed E-state index contributed by atoms with van der Waals surface area (Å²) < 4.78 is 5.20. The number of benzene rings is 1. The van der Waals surface area contributed by atoms with Crippen molar-refractivity contribution >= 4 is 5.78 Å². The first kappa shape index (κ1) is 9.69. The van der Waals surface area contributed by atoms with E-state index in [4.69, 9.17) is 4.74 Å². The summed E-state index contributed by atoms with van der Waals surface area (Å²) in [6.45, 7) is 0. The van der Waals surface area contributed by atoms with Crippen molar-refractivity contribution in [1.82, 2.24) is 0 Å². The van der Waals surface area contributed by atoms with E-state index in [9.17, 15) is 4.79 Å². The van der Waals surface area contributed by atoms with E-state index in [-0.39, 0.29) is 5.41 Å². The Bertz CT molecular complexity index is 490. The normalized spacial score (nSPS) is 41.5. The predicted molar refractivity (Wildman–Crippen MR) is 64.0 cm³/mol. The van der Waals surface area contributed by atoms with Crippen LogP contribution in [0.15, 0.2) is 24.3 Å². The molecule has 0 spiro atoms. The third kappa shape index (κ3) is 0.958. The first-order valence-corrected chi connectivity index (χ1v) is 6.44. The van der Waals surface area contributed by atoms with E-state index in [1.807, 2.05) is 12.1 Å². The standard InChI is InChI=1S/C15H16O2/c1-17-12-4-2-10(3-5-12)15-8-9-6-11(15)7-13(15)14(9)16/h2-5,9,11,13H,6-8H2,1H3. The Balaban J connectivity index is 1.77. The Morgan fingerprint density at radius 1 is 1.24 bits per heavy atom. The summed E-state index contributed by atoms with van der Waals surface area (Å²) in [5.41, 5.74) is 1.58. The van der Waals surface area contributed by atoms with Crippen LogP contribution in [0.25, 0.3) is 0 Å². The third-order valence-corrected chi connectivity index (χ3v) is 5.40. The van der Waals surface area contributed by atoms with E-state index in [2.05, 4.69) is 12.1 Å². The number of carbonyl (C=O) groups is 1. The Labute approximate surface area is 101 Å². The highest BCUT2D eigenvalue weighted by Gasteiger charge is 2.70. The van der Waals surface area contributed by atoms with E-state index >= 15 is 0 Å². The van der Waals surface area contributed by atoms with Gasteiger partial charge in [0.2, 0.25) is 0 Å². The molecule has 0 aromatic heterocycles. The molecule has 2 nitrogen and oxygen atoms in total. The number of Topliss-reactive ketones (excluding diaryl/α,β-unsaturated/α-hetero) is 1. The fraction of sp³-hybridized carbons (Fsp3) is 0.533. The summed E-state index contributed by atoms with van der Waals surface area (Å²) in [6.07, 6.45) is 3.39. The van der Waals surface area contributed by atoms with Crippen molar-refractivity contribution in [2.75, 3.05) is 7.11 Å². The van der Waals surface area contributed by atoms with Gasteiger partial charge in [0.25, 0.3) is 0 Å². The van der Waals surface area contributed by atoms with E-state index in [1.54, 1.807) is 7.11 Å². The highest BCUT2D eigenvalue weighted by atomic mass is 16.5. The van der Waals surface area contributed by atoms with Crippen molar-refractivity contribution in [3.8, 4) is 5.75 Å². The molecule has 4 rings (SSSR count). The molecule has 3 fully saturated rings. The number of hydrogen-bond acceptors (Lipinski definition) is 2. The molecule has 3 aliphatic carbocycles. The summed E-state index contributed by atoms with van der Waals surface area (Å²) in [4.78, 5) is 12.1. The van der Waals surface area contributed by atoms with Crippen molar-refractivity contribution in [2.45, 2.75) is 24.7 Å². The molecule has 3 saturated carbocycles. The molecule has 17 heavy (non-hydrogen) atoms. The van der Waals surface area contributed by atoms with Gasteiger partial charge in [-0.3, -0.25) is 4.79 Å². The molecule has 0 heterocycles. The smallest absolute Gasteiger partial charge is 0.139 e. The van der Waals surface area contributed by atoms with Crippen LogP contribution in [0.3, 0.4) is 0 Å². The Kier molecular flexibility index (Phi) is 1.67. The second-order valence-corrected chi connectivity index (χ2v) is 5.79. The fourth-order valence-electron chi connectivity index (χ4n) is 4.61. The number of ether oxygens (including phenoxy) is 1. The van der Waals surface area contributed by atoms with Gasteiger partial charge in [-0.15, -0.1) is 0 Å². The van der Waals surface area contributed by atoms with Crippen LogP contribution in [-0.4, -0.2) is 12.9 Å². The zero-order chi connectivity index (χ0) is 11.6. The average Bonchev–Trinajstić information content (AvgIpc) is 2.75. The molecule has 0 N–H and O–H groups in total. The van der Waals surface area contributed by atoms with Crippen LogP contribution >= 0.6 is 0 Å². The zero-order valence-electron chi connectivity index (χ0n) is 9.98. The number of methoxy groups -OCH3 is 1. The number of fused-ring (bicyclic) bond motifs is 1. The van der Waals surface area contributed by atoms with Gasteiger partial charge in [0.15, 0.2) is 0 Å². The van der Waals surface area contributed by atoms with Crippen LogP contribution in [0.5, 0.6) is 5.75 Å². The molecule has 0 aliphatic heterocycles. The van der Waals surface area contributed by atoms with Crippen molar-refractivity contribution < 1.29 is 9.53 Å². The quantitative estimate of drug-likeness (QED) is 0.777. The summed E-state index contributed by atoms with van der Waals surface area (Å²) in [5.74, 6) is 2.92. The Morgan fingerprint density at radius 3 is 2.53 bits per heavy atom. The lowest BCUT2D eigenvalue weighted by Gasteiger charge is -2.52. The Hall–Kier alpha value is -1.31. The number of rotatable bonds is 2. The SMILES string of the molecule is COc1ccc(C23CC4CC2CC3C4=O)cc1. The second kappa shape index (κ2) is 2.92. The van der Waals surface area contributed by atoms with E-state index in [1.165, 1.54) is 5.56 Å². The van der Waals surface area contributed by atoms with Gasteiger partial charge in [-0.05, 0) is 42.9 Å². The average molecular weight is 228 g/mol. The fourth-order valence-corrected chi connectivity index (χ4v) is 4.61. The first-order chi connectivity index (χ1) is 8.25. The lowest BCUT2D eigenvalue weighted by molar-refractivity contribution is -0.134. The molecule has 1 aromatic carbocycles. The largest absolute Gasteiger partial charge is 0.497 e. The molecule has 2 bridgehead atoms. The van der Waals surface area contributed by atoms with Crippen molar-refractivity contribution in [3.05, 3.63) is 29.8 Å². The highest BCUT2D eigenvalue weighted by molar-refractivity contribution is 5.91. The van der Waals surface area contributed by atoms with Crippen LogP contribution in [0.2, 0.25) is 0 Å². The maximum atomic E-state index is 12.1. The monoisotopic (exact) mass is 228 g/mol. The summed E-state index contributed by atoms with van der Waals surface area (Å²) >= 11 is 0. The number of carbonyl (C=O) groups excluding carboxylic acids is 1. The molecular weight excluding hydrogens is 212 g/mol. The van der Waals surface area contributed by atoms with Gasteiger partial charge in [0, 0.05) is 17.3 Å². The molecule has 0 amide bonds.